The van der Waals surface area contributed by atoms with Gasteiger partial charge in [-0.1, -0.05) is 65.0 Å². The van der Waals surface area contributed by atoms with Gasteiger partial charge in [-0.3, -0.25) is 0 Å². The number of hydrogen-bond acceptors (Lipinski definition) is 5. The van der Waals surface area contributed by atoms with E-state index in [1.165, 1.54) is 64.2 Å². The SMILES string of the molecule is CC(C)CCCC(C)C12CCCC1C1CC=C3CC(OC(=O)N(CCCN)CCCCNCCCN)CCC3(C)C1CC2. The molecule has 5 N–H and O–H groups in total. The first-order chi connectivity index (χ1) is 20.7. The molecule has 0 saturated heterocycles. The van der Waals surface area contributed by atoms with E-state index in [-0.39, 0.29) is 17.6 Å². The third-order valence-corrected chi connectivity index (χ3v) is 12.6. The number of carbonyl (C=O) groups excluding carboxylic acids is 1. The van der Waals surface area contributed by atoms with Crippen LogP contribution < -0.4 is 16.8 Å². The van der Waals surface area contributed by atoms with E-state index < -0.39 is 0 Å². The van der Waals surface area contributed by atoms with Gasteiger partial charge in [-0.05, 0) is 137 Å². The first kappa shape index (κ1) is 34.8. The predicted octanol–water partition coefficient (Wildman–Crippen LogP) is 7.66. The lowest BCUT2D eigenvalue weighted by Gasteiger charge is -2.59. The zero-order valence-electron chi connectivity index (χ0n) is 28.5. The number of carbonyl (C=O) groups is 1. The van der Waals surface area contributed by atoms with Crippen molar-refractivity contribution in [3.8, 4) is 0 Å². The average molecular weight is 601 g/mol. The summed E-state index contributed by atoms with van der Waals surface area (Å²) in [5.74, 6) is 4.26. The summed E-state index contributed by atoms with van der Waals surface area (Å²) in [6.07, 6.45) is 22.1. The molecule has 248 valence electrons. The molecule has 0 radical (unpaired) electrons. The number of allylic oxidation sites excluding steroid dienone is 1. The summed E-state index contributed by atoms with van der Waals surface area (Å²) in [6, 6.07) is 0. The van der Waals surface area contributed by atoms with Gasteiger partial charge in [0.25, 0.3) is 0 Å². The van der Waals surface area contributed by atoms with Crippen LogP contribution in [0.15, 0.2) is 11.6 Å². The number of amides is 1. The molecule has 6 nitrogen and oxygen atoms in total. The maximum Gasteiger partial charge on any atom is 0.410 e. The molecule has 7 atom stereocenters. The fourth-order valence-corrected chi connectivity index (χ4v) is 10.1. The van der Waals surface area contributed by atoms with Gasteiger partial charge in [0, 0.05) is 19.5 Å². The van der Waals surface area contributed by atoms with Crippen LogP contribution in [0.5, 0.6) is 0 Å². The summed E-state index contributed by atoms with van der Waals surface area (Å²) in [4.78, 5) is 15.3. The van der Waals surface area contributed by atoms with Crippen LogP contribution in [0, 0.1) is 40.4 Å². The Labute approximate surface area is 264 Å². The van der Waals surface area contributed by atoms with Crippen LogP contribution in [0.3, 0.4) is 0 Å². The summed E-state index contributed by atoms with van der Waals surface area (Å²) < 4.78 is 6.24. The van der Waals surface area contributed by atoms with Gasteiger partial charge in [0.15, 0.2) is 0 Å². The van der Waals surface area contributed by atoms with Crippen molar-refractivity contribution < 1.29 is 9.53 Å². The predicted molar refractivity (Wildman–Crippen MR) is 180 cm³/mol. The Balaban J connectivity index is 1.33. The van der Waals surface area contributed by atoms with E-state index in [9.17, 15) is 4.79 Å². The molecule has 3 saturated carbocycles. The van der Waals surface area contributed by atoms with Crippen LogP contribution in [0.1, 0.15) is 130 Å². The van der Waals surface area contributed by atoms with E-state index >= 15 is 0 Å². The van der Waals surface area contributed by atoms with Crippen molar-refractivity contribution in [1.29, 1.82) is 0 Å². The van der Waals surface area contributed by atoms with Gasteiger partial charge in [-0.15, -0.1) is 0 Å². The van der Waals surface area contributed by atoms with E-state index in [1.54, 1.807) is 5.57 Å². The molecule has 0 heterocycles. The van der Waals surface area contributed by atoms with Crippen LogP contribution in [0.25, 0.3) is 0 Å². The Morgan fingerprint density at radius 3 is 2.49 bits per heavy atom. The molecule has 3 fully saturated rings. The second kappa shape index (κ2) is 16.5. The maximum absolute atomic E-state index is 13.3. The molecule has 1 amide bonds. The topological polar surface area (TPSA) is 93.6 Å². The standard InChI is InChI=1S/C37H68N4O2/c1-28(2)11-7-12-29(3)37-18-8-13-34(37)32-15-14-30-27-31(16-19-36(30,4)33(32)17-20-37)43-35(42)41(26-10-22-39)25-6-5-23-40-24-9-21-38/h14,28-29,31-34,40H,5-13,15-27,38-39H2,1-4H3. The van der Waals surface area contributed by atoms with Crippen LogP contribution in [-0.4, -0.2) is 56.4 Å². The first-order valence-corrected chi connectivity index (χ1v) is 18.5. The van der Waals surface area contributed by atoms with E-state index in [4.69, 9.17) is 16.2 Å². The molecule has 0 aromatic rings. The Bertz CT molecular complexity index is 892. The summed E-state index contributed by atoms with van der Waals surface area (Å²) in [5, 5.41) is 3.44. The minimum Gasteiger partial charge on any atom is -0.446 e. The maximum atomic E-state index is 13.3. The number of hydrogen-bond donors (Lipinski definition) is 3. The number of nitrogens with one attached hydrogen (secondary N) is 1. The molecule has 4 aliphatic rings. The Morgan fingerprint density at radius 2 is 1.72 bits per heavy atom. The highest BCUT2D eigenvalue weighted by molar-refractivity contribution is 5.67. The molecular weight excluding hydrogens is 532 g/mol. The minimum absolute atomic E-state index is 0.0109. The van der Waals surface area contributed by atoms with E-state index in [0.29, 0.717) is 18.5 Å². The van der Waals surface area contributed by atoms with E-state index in [1.807, 2.05) is 4.90 Å². The number of rotatable bonds is 17. The highest BCUT2D eigenvalue weighted by Crippen LogP contribution is 2.67. The quantitative estimate of drug-likeness (QED) is 0.118. The number of nitrogens with two attached hydrogens (primary N) is 2. The highest BCUT2D eigenvalue weighted by Gasteiger charge is 2.58. The summed E-state index contributed by atoms with van der Waals surface area (Å²) >= 11 is 0. The zero-order chi connectivity index (χ0) is 30.9. The van der Waals surface area contributed by atoms with Crippen molar-refractivity contribution in [1.82, 2.24) is 10.2 Å². The fraction of sp³-hybridized carbons (Fsp3) is 0.919. The van der Waals surface area contributed by atoms with Crippen molar-refractivity contribution in [3.05, 3.63) is 11.6 Å². The highest BCUT2D eigenvalue weighted by atomic mass is 16.6. The van der Waals surface area contributed by atoms with Gasteiger partial charge in [0.2, 0.25) is 0 Å². The molecule has 4 aliphatic carbocycles. The van der Waals surface area contributed by atoms with Gasteiger partial charge < -0.3 is 26.4 Å². The van der Waals surface area contributed by atoms with Gasteiger partial charge in [0.1, 0.15) is 6.10 Å². The molecule has 0 aromatic heterocycles. The van der Waals surface area contributed by atoms with Crippen LogP contribution in [-0.2, 0) is 4.74 Å². The van der Waals surface area contributed by atoms with Gasteiger partial charge in [0.05, 0.1) is 0 Å². The van der Waals surface area contributed by atoms with Crippen molar-refractivity contribution in [3.63, 3.8) is 0 Å². The van der Waals surface area contributed by atoms with Crippen molar-refractivity contribution in [2.45, 2.75) is 137 Å². The molecule has 0 aromatic carbocycles. The number of fused-ring (bicyclic) bond motifs is 5. The monoisotopic (exact) mass is 601 g/mol. The lowest BCUT2D eigenvalue weighted by atomic mass is 9.46. The lowest BCUT2D eigenvalue weighted by molar-refractivity contribution is -0.0685. The normalized spacial score (nSPS) is 32.5. The molecule has 0 bridgehead atoms. The van der Waals surface area contributed by atoms with Crippen molar-refractivity contribution in [2.75, 3.05) is 39.3 Å². The second-order valence-electron chi connectivity index (χ2n) is 15.6. The molecule has 7 unspecified atom stereocenters. The van der Waals surface area contributed by atoms with Gasteiger partial charge >= 0.3 is 6.09 Å². The van der Waals surface area contributed by atoms with Gasteiger partial charge in [-0.2, -0.15) is 0 Å². The van der Waals surface area contributed by atoms with Crippen molar-refractivity contribution >= 4 is 6.09 Å². The molecule has 43 heavy (non-hydrogen) atoms. The van der Waals surface area contributed by atoms with Crippen LogP contribution >= 0.6 is 0 Å². The fourth-order valence-electron chi connectivity index (χ4n) is 10.1. The number of nitrogens with zero attached hydrogens (tertiary/aromatic N) is 1. The Hall–Kier alpha value is -1.11. The third-order valence-electron chi connectivity index (χ3n) is 12.6. The van der Waals surface area contributed by atoms with E-state index in [2.05, 4.69) is 39.1 Å². The first-order valence-electron chi connectivity index (χ1n) is 18.5. The van der Waals surface area contributed by atoms with Crippen LogP contribution in [0.4, 0.5) is 4.79 Å². The Morgan fingerprint density at radius 1 is 0.953 bits per heavy atom. The molecule has 6 heteroatoms. The van der Waals surface area contributed by atoms with Crippen LogP contribution in [0.2, 0.25) is 0 Å². The largest absolute Gasteiger partial charge is 0.446 e. The summed E-state index contributed by atoms with van der Waals surface area (Å²) in [7, 11) is 0. The van der Waals surface area contributed by atoms with Gasteiger partial charge in [-0.25, -0.2) is 4.79 Å². The van der Waals surface area contributed by atoms with E-state index in [0.717, 1.165) is 94.3 Å². The second-order valence-corrected chi connectivity index (χ2v) is 15.6. The third kappa shape index (κ3) is 8.38. The minimum atomic E-state index is -0.132. The number of ether oxygens (including phenoxy) is 1. The van der Waals surface area contributed by atoms with Crippen molar-refractivity contribution in [2.24, 2.45) is 51.9 Å². The zero-order valence-corrected chi connectivity index (χ0v) is 28.5. The molecule has 0 aliphatic heterocycles. The molecular formula is C37H68N4O2. The lowest BCUT2D eigenvalue weighted by Crippen LogP contribution is -2.51. The Kier molecular flexibility index (Phi) is 13.3. The average Bonchev–Trinajstić information content (AvgIpc) is 3.44. The number of unbranched alkanes of at least 4 members (excludes halogenated alkanes) is 1. The molecule has 0 spiro atoms. The summed E-state index contributed by atoms with van der Waals surface area (Å²) in [5.41, 5.74) is 13.9. The molecule has 4 rings (SSSR count). The summed E-state index contributed by atoms with van der Waals surface area (Å²) in [6.45, 7) is 14.6. The smallest absolute Gasteiger partial charge is 0.410 e.